The molecule has 0 fully saturated rings. The highest BCUT2D eigenvalue weighted by Gasteiger charge is 2.03. The third-order valence-electron chi connectivity index (χ3n) is 2.57. The van der Waals surface area contributed by atoms with E-state index in [4.69, 9.17) is 5.73 Å². The molecule has 0 aliphatic rings. The van der Waals surface area contributed by atoms with Gasteiger partial charge in [0.25, 0.3) is 0 Å². The number of para-hydroxylation sites is 1. The molecule has 1 aromatic carbocycles. The topological polar surface area (TPSA) is 68.8 Å². The van der Waals surface area contributed by atoms with Gasteiger partial charge in [0.15, 0.2) is 5.82 Å². The largest absolute Gasteiger partial charge is 0.397 e. The van der Waals surface area contributed by atoms with Crippen LogP contribution in [-0.4, -0.2) is 14.8 Å². The number of anilines is 2. The molecule has 0 bridgehead atoms. The zero-order valence-corrected chi connectivity index (χ0v) is 9.44. The highest BCUT2D eigenvalue weighted by molar-refractivity contribution is 5.69. The fraction of sp³-hybridized carbons (Fsp3) is 0.273. The Balaban J connectivity index is 2.11. The quantitative estimate of drug-likeness (QED) is 0.761. The molecule has 0 aliphatic carbocycles. The molecule has 0 amide bonds. The number of benzene rings is 1. The number of nitrogen functional groups attached to an aromatic ring is 1. The van der Waals surface area contributed by atoms with Gasteiger partial charge < -0.3 is 15.6 Å². The van der Waals surface area contributed by atoms with Crippen molar-refractivity contribution in [2.24, 2.45) is 7.05 Å². The molecule has 0 atom stereocenters. The molecule has 0 saturated carbocycles. The first-order valence-electron chi connectivity index (χ1n) is 5.10. The minimum Gasteiger partial charge on any atom is -0.397 e. The molecule has 5 nitrogen and oxygen atoms in total. The molecule has 1 aromatic heterocycles. The fourth-order valence-corrected chi connectivity index (χ4v) is 1.48. The fourth-order valence-electron chi connectivity index (χ4n) is 1.48. The van der Waals surface area contributed by atoms with E-state index in [0.717, 1.165) is 22.8 Å². The number of aryl methyl sites for hydroxylation is 2. The van der Waals surface area contributed by atoms with Gasteiger partial charge in [-0.2, -0.15) is 0 Å². The summed E-state index contributed by atoms with van der Waals surface area (Å²) in [6, 6.07) is 5.92. The lowest BCUT2D eigenvalue weighted by Gasteiger charge is -2.10. The number of nitrogens with one attached hydrogen (secondary N) is 1. The Kier molecular flexibility index (Phi) is 2.76. The second kappa shape index (κ2) is 4.22. The van der Waals surface area contributed by atoms with Gasteiger partial charge in [-0.05, 0) is 18.6 Å². The molecule has 0 aliphatic heterocycles. The maximum Gasteiger partial charge on any atom is 0.151 e. The number of hydrogen-bond donors (Lipinski definition) is 2. The number of aromatic nitrogens is 3. The van der Waals surface area contributed by atoms with E-state index in [-0.39, 0.29) is 0 Å². The zero-order valence-electron chi connectivity index (χ0n) is 9.44. The smallest absolute Gasteiger partial charge is 0.151 e. The van der Waals surface area contributed by atoms with Gasteiger partial charge in [0, 0.05) is 7.05 Å². The van der Waals surface area contributed by atoms with Gasteiger partial charge in [-0.15, -0.1) is 10.2 Å². The maximum absolute atomic E-state index is 5.95. The predicted molar refractivity (Wildman–Crippen MR) is 63.9 cm³/mol. The molecule has 3 N–H and O–H groups in total. The zero-order chi connectivity index (χ0) is 11.5. The Hall–Kier alpha value is -2.04. The second-order valence-corrected chi connectivity index (χ2v) is 3.75. The Morgan fingerprint density at radius 2 is 2.25 bits per heavy atom. The molecule has 0 radical (unpaired) electrons. The first-order valence-corrected chi connectivity index (χ1v) is 5.10. The third kappa shape index (κ3) is 1.98. The van der Waals surface area contributed by atoms with Gasteiger partial charge in [-0.1, -0.05) is 12.1 Å². The second-order valence-electron chi connectivity index (χ2n) is 3.75. The standard InChI is InChI=1S/C11H15N5/c1-8-4-3-5-9(11(8)12)13-6-10-15-14-7-16(10)2/h3-5,7,13H,6,12H2,1-2H3. The minimum atomic E-state index is 0.615. The lowest BCUT2D eigenvalue weighted by molar-refractivity contribution is 0.812. The normalized spacial score (nSPS) is 10.4. The Labute approximate surface area is 94.3 Å². The van der Waals surface area contributed by atoms with Crippen molar-refractivity contribution in [1.29, 1.82) is 0 Å². The van der Waals surface area contributed by atoms with Crippen LogP contribution in [0.15, 0.2) is 24.5 Å². The average molecular weight is 217 g/mol. The van der Waals surface area contributed by atoms with Crippen molar-refractivity contribution in [2.45, 2.75) is 13.5 Å². The van der Waals surface area contributed by atoms with E-state index >= 15 is 0 Å². The first-order chi connectivity index (χ1) is 7.68. The number of hydrogen-bond acceptors (Lipinski definition) is 4. The van der Waals surface area contributed by atoms with Crippen molar-refractivity contribution >= 4 is 11.4 Å². The van der Waals surface area contributed by atoms with Crippen LogP contribution < -0.4 is 11.1 Å². The summed E-state index contributed by atoms with van der Waals surface area (Å²) in [5.74, 6) is 0.876. The first kappa shape index (κ1) is 10.5. The molecule has 84 valence electrons. The summed E-state index contributed by atoms with van der Waals surface area (Å²) >= 11 is 0. The van der Waals surface area contributed by atoms with E-state index in [1.807, 2.05) is 36.7 Å². The number of nitrogens with zero attached hydrogens (tertiary/aromatic N) is 3. The van der Waals surface area contributed by atoms with Gasteiger partial charge in [0.05, 0.1) is 17.9 Å². The van der Waals surface area contributed by atoms with Gasteiger partial charge in [-0.25, -0.2) is 0 Å². The summed E-state index contributed by atoms with van der Waals surface area (Å²) in [7, 11) is 1.91. The van der Waals surface area contributed by atoms with Crippen molar-refractivity contribution in [3.63, 3.8) is 0 Å². The Bertz CT molecular complexity index is 489. The minimum absolute atomic E-state index is 0.615. The van der Waals surface area contributed by atoms with Crippen LogP contribution in [0.25, 0.3) is 0 Å². The van der Waals surface area contributed by atoms with E-state index in [2.05, 4.69) is 15.5 Å². The monoisotopic (exact) mass is 217 g/mol. The highest BCUT2D eigenvalue weighted by Crippen LogP contribution is 2.21. The van der Waals surface area contributed by atoms with Crippen LogP contribution in [0, 0.1) is 6.92 Å². The molecule has 0 saturated heterocycles. The van der Waals surface area contributed by atoms with Gasteiger partial charge >= 0.3 is 0 Å². The van der Waals surface area contributed by atoms with Gasteiger partial charge in [0.2, 0.25) is 0 Å². The maximum atomic E-state index is 5.95. The summed E-state index contributed by atoms with van der Waals surface area (Å²) in [5.41, 5.74) is 8.74. The summed E-state index contributed by atoms with van der Waals surface area (Å²) in [6.07, 6.45) is 1.68. The van der Waals surface area contributed by atoms with E-state index in [0.29, 0.717) is 6.54 Å². The van der Waals surface area contributed by atoms with E-state index in [9.17, 15) is 0 Å². The summed E-state index contributed by atoms with van der Waals surface area (Å²) in [4.78, 5) is 0. The van der Waals surface area contributed by atoms with Gasteiger partial charge in [0.1, 0.15) is 6.33 Å². The average Bonchev–Trinajstić information content (AvgIpc) is 2.67. The molecular formula is C11H15N5. The lowest BCUT2D eigenvalue weighted by Crippen LogP contribution is -2.07. The SMILES string of the molecule is Cc1cccc(NCc2nncn2C)c1N. The van der Waals surface area contributed by atoms with Crippen LogP contribution in [-0.2, 0) is 13.6 Å². The van der Waals surface area contributed by atoms with E-state index < -0.39 is 0 Å². The van der Waals surface area contributed by atoms with Crippen molar-refractivity contribution < 1.29 is 0 Å². The van der Waals surface area contributed by atoms with Crippen LogP contribution >= 0.6 is 0 Å². The van der Waals surface area contributed by atoms with E-state index in [1.54, 1.807) is 6.33 Å². The van der Waals surface area contributed by atoms with Crippen LogP contribution in [0.3, 0.4) is 0 Å². The molecular weight excluding hydrogens is 202 g/mol. The molecule has 2 aromatic rings. The molecule has 0 unspecified atom stereocenters. The summed E-state index contributed by atoms with van der Waals surface area (Å²) in [6.45, 7) is 2.60. The third-order valence-corrected chi connectivity index (χ3v) is 2.57. The van der Waals surface area contributed by atoms with Crippen molar-refractivity contribution in [3.8, 4) is 0 Å². The Morgan fingerprint density at radius 3 is 2.94 bits per heavy atom. The Morgan fingerprint density at radius 1 is 1.44 bits per heavy atom. The number of rotatable bonds is 3. The van der Waals surface area contributed by atoms with Gasteiger partial charge in [-0.3, -0.25) is 0 Å². The summed E-state index contributed by atoms with van der Waals surface area (Å²) < 4.78 is 1.87. The lowest BCUT2D eigenvalue weighted by atomic mass is 10.2. The molecule has 16 heavy (non-hydrogen) atoms. The van der Waals surface area contributed by atoms with Crippen LogP contribution in [0.2, 0.25) is 0 Å². The van der Waals surface area contributed by atoms with Crippen LogP contribution in [0.5, 0.6) is 0 Å². The number of nitrogens with two attached hydrogens (primary N) is 1. The van der Waals surface area contributed by atoms with Crippen LogP contribution in [0.4, 0.5) is 11.4 Å². The molecule has 1 heterocycles. The molecule has 2 rings (SSSR count). The summed E-state index contributed by atoms with van der Waals surface area (Å²) in [5, 5.41) is 11.1. The van der Waals surface area contributed by atoms with Crippen LogP contribution in [0.1, 0.15) is 11.4 Å². The van der Waals surface area contributed by atoms with Crippen molar-refractivity contribution in [2.75, 3.05) is 11.1 Å². The molecule has 5 heteroatoms. The molecule has 0 spiro atoms. The highest BCUT2D eigenvalue weighted by atomic mass is 15.3. The predicted octanol–water partition coefficient (Wildman–Crippen LogP) is 1.32. The van der Waals surface area contributed by atoms with Crippen molar-refractivity contribution in [3.05, 3.63) is 35.9 Å². The van der Waals surface area contributed by atoms with E-state index in [1.165, 1.54) is 0 Å². The van der Waals surface area contributed by atoms with Crippen molar-refractivity contribution in [1.82, 2.24) is 14.8 Å².